The number of rotatable bonds is 2. The average molecular weight is 237 g/mol. The highest BCUT2D eigenvalue weighted by molar-refractivity contribution is 7.52. The average Bonchev–Trinajstić information content (AvgIpc) is 1.70. The molecule has 0 amide bonds. The van der Waals surface area contributed by atoms with Gasteiger partial charge >= 0.3 is 7.68 Å². The molecule has 3 nitrogen and oxygen atoms in total. The lowest BCUT2D eigenvalue weighted by Crippen LogP contribution is -2.59. The molecule has 1 fully saturated rings. The third-order valence-electron chi connectivity index (χ3n) is 2.49. The minimum absolute atomic E-state index is 0.110. The Labute approximate surface area is 91.3 Å². The molecule has 1 atom stereocenters. The zero-order valence-electron chi connectivity index (χ0n) is 10.1. The summed E-state index contributed by atoms with van der Waals surface area (Å²) in [6.07, 6.45) is 1.09. The fourth-order valence-electron chi connectivity index (χ4n) is 2.57. The molecule has 1 rings (SSSR count). The van der Waals surface area contributed by atoms with Crippen LogP contribution in [-0.2, 0) is 9.09 Å². The first-order chi connectivity index (χ1) is 6.49. The topological polar surface area (TPSA) is 38.3 Å². The smallest absolute Gasteiger partial charge is 0.307 e. The molecule has 0 aromatic carbocycles. The summed E-state index contributed by atoms with van der Waals surface area (Å²) in [6, 6.07) is 0. The maximum Gasteiger partial charge on any atom is 0.364 e. The molecule has 0 radical (unpaired) electrons. The summed E-state index contributed by atoms with van der Waals surface area (Å²) in [5, 5.41) is 3.46. The lowest BCUT2D eigenvalue weighted by molar-refractivity contribution is 0.0539. The Morgan fingerprint density at radius 2 is 1.67 bits per heavy atom. The second-order valence-corrected chi connectivity index (χ2v) is 7.48. The van der Waals surface area contributed by atoms with E-state index in [1.54, 1.807) is 0 Å². The SMILES string of the molecule is CC1(C)CC(OP(C)(=O)F)CC(C)(C)N1. The van der Waals surface area contributed by atoms with Crippen LogP contribution in [0.5, 0.6) is 0 Å². The molecule has 1 aliphatic rings. The minimum Gasteiger partial charge on any atom is -0.307 e. The summed E-state index contributed by atoms with van der Waals surface area (Å²) in [5.74, 6) is 0. The van der Waals surface area contributed by atoms with Crippen molar-refractivity contribution in [3.63, 3.8) is 0 Å². The number of piperidine rings is 1. The molecule has 0 aromatic heterocycles. The van der Waals surface area contributed by atoms with E-state index in [0.717, 1.165) is 6.66 Å². The molecular weight excluding hydrogens is 216 g/mol. The van der Waals surface area contributed by atoms with Gasteiger partial charge in [-0.05, 0) is 40.5 Å². The van der Waals surface area contributed by atoms with E-state index in [0.29, 0.717) is 12.8 Å². The van der Waals surface area contributed by atoms with E-state index in [2.05, 4.69) is 5.32 Å². The van der Waals surface area contributed by atoms with Gasteiger partial charge in [-0.25, -0.2) is 0 Å². The Kier molecular flexibility index (Phi) is 3.36. The molecule has 0 bridgehead atoms. The van der Waals surface area contributed by atoms with Crippen molar-refractivity contribution in [1.82, 2.24) is 5.32 Å². The third-order valence-corrected chi connectivity index (χ3v) is 3.16. The number of hydrogen-bond acceptors (Lipinski definition) is 3. The van der Waals surface area contributed by atoms with Crippen molar-refractivity contribution >= 4 is 7.68 Å². The van der Waals surface area contributed by atoms with Crippen LogP contribution in [-0.4, -0.2) is 23.8 Å². The van der Waals surface area contributed by atoms with Crippen molar-refractivity contribution in [3.05, 3.63) is 0 Å². The van der Waals surface area contributed by atoms with Gasteiger partial charge in [-0.15, -0.1) is 0 Å². The summed E-state index contributed by atoms with van der Waals surface area (Å²) in [5.41, 5.74) is -0.219. The predicted octanol–water partition coefficient (Wildman–Crippen LogP) is 3.10. The van der Waals surface area contributed by atoms with E-state index in [1.165, 1.54) is 0 Å². The predicted molar refractivity (Wildman–Crippen MR) is 60.0 cm³/mol. The lowest BCUT2D eigenvalue weighted by Gasteiger charge is -2.46. The molecule has 15 heavy (non-hydrogen) atoms. The zero-order valence-corrected chi connectivity index (χ0v) is 11.0. The van der Waals surface area contributed by atoms with E-state index in [1.807, 2.05) is 27.7 Å². The van der Waals surface area contributed by atoms with Crippen LogP contribution in [0.1, 0.15) is 40.5 Å². The van der Waals surface area contributed by atoms with E-state index in [-0.39, 0.29) is 17.2 Å². The molecule has 0 saturated carbocycles. The van der Waals surface area contributed by atoms with Gasteiger partial charge in [0.2, 0.25) is 0 Å². The largest absolute Gasteiger partial charge is 0.364 e. The van der Waals surface area contributed by atoms with Crippen molar-refractivity contribution in [3.8, 4) is 0 Å². The summed E-state index contributed by atoms with van der Waals surface area (Å²) in [4.78, 5) is 0. The van der Waals surface area contributed by atoms with Crippen LogP contribution >= 0.6 is 7.68 Å². The maximum absolute atomic E-state index is 13.0. The lowest BCUT2D eigenvalue weighted by atomic mass is 9.81. The minimum atomic E-state index is -3.87. The first-order valence-electron chi connectivity index (χ1n) is 5.24. The van der Waals surface area contributed by atoms with Gasteiger partial charge in [0.15, 0.2) is 0 Å². The van der Waals surface area contributed by atoms with Crippen molar-refractivity contribution in [1.29, 1.82) is 0 Å². The molecule has 90 valence electrons. The quantitative estimate of drug-likeness (QED) is 0.750. The molecule has 0 spiro atoms. The van der Waals surface area contributed by atoms with Crippen molar-refractivity contribution in [2.75, 3.05) is 6.66 Å². The number of halogens is 1. The molecule has 1 unspecified atom stereocenters. The van der Waals surface area contributed by atoms with Gasteiger partial charge in [0, 0.05) is 17.7 Å². The van der Waals surface area contributed by atoms with Gasteiger partial charge in [-0.3, -0.25) is 4.57 Å². The standard InChI is InChI=1S/C10H21FNO2P/c1-9(2)6-8(14-15(5,11)13)7-10(3,4)12-9/h8,12H,6-7H2,1-5H3. The molecular formula is C10H21FNO2P. The second kappa shape index (κ2) is 3.83. The van der Waals surface area contributed by atoms with Gasteiger partial charge < -0.3 is 9.84 Å². The Bertz CT molecular complexity index is 269. The Balaban J connectivity index is 2.72. The van der Waals surface area contributed by atoms with E-state index in [9.17, 15) is 8.76 Å². The monoisotopic (exact) mass is 237 g/mol. The summed E-state index contributed by atoms with van der Waals surface area (Å²) in [7, 11) is -3.87. The summed E-state index contributed by atoms with van der Waals surface area (Å²) in [6.45, 7) is 9.20. The van der Waals surface area contributed by atoms with Gasteiger partial charge in [0.05, 0.1) is 6.10 Å². The summed E-state index contributed by atoms with van der Waals surface area (Å²) < 4.78 is 29.0. The number of nitrogens with one attached hydrogen (secondary N) is 1. The molecule has 0 aliphatic carbocycles. The first-order valence-corrected chi connectivity index (χ1v) is 7.20. The fourth-order valence-corrected chi connectivity index (χ4v) is 3.25. The van der Waals surface area contributed by atoms with Crippen LogP contribution in [0.4, 0.5) is 4.20 Å². The third kappa shape index (κ3) is 4.62. The highest BCUT2D eigenvalue weighted by atomic mass is 31.2. The van der Waals surface area contributed by atoms with Gasteiger partial charge in [-0.1, -0.05) is 0 Å². The Hall–Kier alpha value is 0.0800. The van der Waals surface area contributed by atoms with E-state index < -0.39 is 7.68 Å². The highest BCUT2D eigenvalue weighted by Gasteiger charge is 2.40. The van der Waals surface area contributed by atoms with Crippen LogP contribution in [0, 0.1) is 0 Å². The van der Waals surface area contributed by atoms with Crippen molar-refractivity contribution < 1.29 is 13.3 Å². The zero-order chi connectivity index (χ0) is 11.9. The van der Waals surface area contributed by atoms with Crippen LogP contribution in [0.15, 0.2) is 0 Å². The van der Waals surface area contributed by atoms with E-state index >= 15 is 0 Å². The van der Waals surface area contributed by atoms with Crippen LogP contribution < -0.4 is 5.32 Å². The molecule has 1 N–H and O–H groups in total. The highest BCUT2D eigenvalue weighted by Crippen LogP contribution is 2.48. The van der Waals surface area contributed by atoms with Gasteiger partial charge in [0.1, 0.15) is 0 Å². The normalized spacial score (nSPS) is 29.7. The fraction of sp³-hybridized carbons (Fsp3) is 1.00. The van der Waals surface area contributed by atoms with E-state index in [4.69, 9.17) is 4.52 Å². The molecule has 5 heteroatoms. The van der Waals surface area contributed by atoms with Crippen LogP contribution in [0.3, 0.4) is 0 Å². The number of hydrogen-bond donors (Lipinski definition) is 1. The second-order valence-electron chi connectivity index (χ2n) is 5.78. The first kappa shape index (κ1) is 13.1. The summed E-state index contributed by atoms with van der Waals surface area (Å²) >= 11 is 0. The van der Waals surface area contributed by atoms with Crippen molar-refractivity contribution in [2.45, 2.75) is 57.7 Å². The molecule has 1 heterocycles. The Morgan fingerprint density at radius 1 is 1.27 bits per heavy atom. The maximum atomic E-state index is 13.0. The Morgan fingerprint density at radius 3 is 2.00 bits per heavy atom. The van der Waals surface area contributed by atoms with Gasteiger partial charge in [-0.2, -0.15) is 4.20 Å². The molecule has 1 aliphatic heterocycles. The molecule has 1 saturated heterocycles. The molecule has 0 aromatic rings. The van der Waals surface area contributed by atoms with Gasteiger partial charge in [0.25, 0.3) is 0 Å². The van der Waals surface area contributed by atoms with Crippen molar-refractivity contribution in [2.24, 2.45) is 0 Å². The van der Waals surface area contributed by atoms with Crippen LogP contribution in [0.2, 0.25) is 0 Å². The van der Waals surface area contributed by atoms with Crippen LogP contribution in [0.25, 0.3) is 0 Å².